The van der Waals surface area contributed by atoms with Gasteiger partial charge in [-0.1, -0.05) is 17.4 Å². The van der Waals surface area contributed by atoms with E-state index in [-0.39, 0.29) is 29.8 Å². The number of rotatable bonds is 5. The van der Waals surface area contributed by atoms with Gasteiger partial charge in [-0.05, 0) is 19.3 Å². The number of hydrogen-bond donors (Lipinski definition) is 0. The third kappa shape index (κ3) is 3.07. The van der Waals surface area contributed by atoms with Crippen molar-refractivity contribution in [3.05, 3.63) is 10.4 Å². The van der Waals surface area contributed by atoms with Crippen LogP contribution in [0.2, 0.25) is 0 Å². The molecule has 0 bridgehead atoms. The van der Waals surface area contributed by atoms with Crippen molar-refractivity contribution in [2.24, 2.45) is 0 Å². The van der Waals surface area contributed by atoms with E-state index in [1.807, 2.05) is 6.92 Å². The number of esters is 1. The molecule has 1 aliphatic rings. The molecule has 2 atom stereocenters. The van der Waals surface area contributed by atoms with Gasteiger partial charge in [-0.3, -0.25) is 9.59 Å². The van der Waals surface area contributed by atoms with Gasteiger partial charge in [0.05, 0.1) is 6.10 Å². The molecule has 0 amide bonds. The molecule has 124 valence electrons. The van der Waals surface area contributed by atoms with Crippen molar-refractivity contribution in [1.82, 2.24) is 30.0 Å². The predicted molar refractivity (Wildman–Crippen MR) is 77.4 cm³/mol. The Morgan fingerprint density at radius 1 is 1.35 bits per heavy atom. The minimum absolute atomic E-state index is 0.170. The molecule has 1 fully saturated rings. The molecular weight excluding hydrogens is 304 g/mol. The largest absolute Gasteiger partial charge is 0.463 e. The van der Waals surface area contributed by atoms with Gasteiger partial charge in [-0.2, -0.15) is 4.68 Å². The Morgan fingerprint density at radius 2 is 2.17 bits per heavy atom. The van der Waals surface area contributed by atoms with E-state index in [1.165, 1.54) is 11.6 Å². The first-order valence-corrected chi connectivity index (χ1v) is 7.57. The number of hydrogen-bond acceptors (Lipinski definition) is 8. The van der Waals surface area contributed by atoms with Crippen LogP contribution in [0, 0.1) is 0 Å². The van der Waals surface area contributed by atoms with Crippen LogP contribution >= 0.6 is 0 Å². The van der Waals surface area contributed by atoms with Gasteiger partial charge in [-0.25, -0.2) is 4.68 Å². The highest BCUT2D eigenvalue weighted by Gasteiger charge is 2.30. The summed E-state index contributed by atoms with van der Waals surface area (Å²) in [5.41, 5.74) is 0.179. The molecule has 10 nitrogen and oxygen atoms in total. The second-order valence-electron chi connectivity index (χ2n) is 5.42. The first-order chi connectivity index (χ1) is 11.1. The Labute approximate surface area is 131 Å². The molecular formula is C13H18N6O4. The summed E-state index contributed by atoms with van der Waals surface area (Å²) in [6, 6.07) is 0. The highest BCUT2D eigenvalue weighted by molar-refractivity contribution is 5.67. The lowest BCUT2D eigenvalue weighted by molar-refractivity contribution is -0.145. The molecule has 2 unspecified atom stereocenters. The molecule has 23 heavy (non-hydrogen) atoms. The highest BCUT2D eigenvalue weighted by Crippen LogP contribution is 2.26. The van der Waals surface area contributed by atoms with E-state index < -0.39 is 6.23 Å². The Balaban J connectivity index is 1.80. The van der Waals surface area contributed by atoms with Crippen molar-refractivity contribution in [2.45, 2.75) is 52.0 Å². The first-order valence-electron chi connectivity index (χ1n) is 7.57. The summed E-state index contributed by atoms with van der Waals surface area (Å²) in [6.07, 6.45) is 1.34. The van der Waals surface area contributed by atoms with Crippen molar-refractivity contribution >= 4 is 17.1 Å². The van der Waals surface area contributed by atoms with Crippen molar-refractivity contribution < 1.29 is 14.3 Å². The molecule has 1 aliphatic heterocycles. The third-order valence-electron chi connectivity index (χ3n) is 3.62. The minimum Gasteiger partial charge on any atom is -0.463 e. The maximum absolute atomic E-state index is 12.5. The van der Waals surface area contributed by atoms with E-state index in [0.29, 0.717) is 25.0 Å². The van der Waals surface area contributed by atoms with Gasteiger partial charge in [0, 0.05) is 13.5 Å². The Kier molecular flexibility index (Phi) is 4.33. The fourth-order valence-corrected chi connectivity index (χ4v) is 2.54. The van der Waals surface area contributed by atoms with Crippen LogP contribution in [0.1, 0.15) is 39.3 Å². The van der Waals surface area contributed by atoms with Crippen LogP contribution in [0.25, 0.3) is 11.2 Å². The van der Waals surface area contributed by atoms with E-state index in [4.69, 9.17) is 9.47 Å². The van der Waals surface area contributed by atoms with E-state index in [9.17, 15) is 9.59 Å². The molecule has 1 saturated heterocycles. The van der Waals surface area contributed by atoms with Crippen molar-refractivity contribution in [2.75, 3.05) is 6.61 Å². The van der Waals surface area contributed by atoms with Gasteiger partial charge in [-0.15, -0.1) is 10.2 Å². The summed E-state index contributed by atoms with van der Waals surface area (Å²) in [6.45, 7) is 4.13. The number of aromatic nitrogens is 6. The zero-order valence-electron chi connectivity index (χ0n) is 13.0. The monoisotopic (exact) mass is 322 g/mol. The number of ether oxygens (including phenoxy) is 2. The lowest BCUT2D eigenvalue weighted by Crippen LogP contribution is -2.29. The normalized spacial score (nSPS) is 21.0. The standard InChI is InChI=1S/C13H18N6O4/c1-3-6-18-12-11(14-16-18)13(21)19(17-15-12)10-5-4-9(23-10)7-22-8(2)20/h9-10H,3-7H2,1-2H3. The lowest BCUT2D eigenvalue weighted by Gasteiger charge is -2.14. The van der Waals surface area contributed by atoms with Gasteiger partial charge in [0.2, 0.25) is 11.2 Å². The number of fused-ring (bicyclic) bond motifs is 1. The van der Waals surface area contributed by atoms with Gasteiger partial charge in [0.15, 0.2) is 6.23 Å². The van der Waals surface area contributed by atoms with E-state index in [2.05, 4.69) is 20.6 Å². The van der Waals surface area contributed by atoms with E-state index >= 15 is 0 Å². The van der Waals surface area contributed by atoms with Gasteiger partial charge in [0.1, 0.15) is 6.61 Å². The van der Waals surface area contributed by atoms with Gasteiger partial charge < -0.3 is 9.47 Å². The second kappa shape index (κ2) is 6.41. The molecule has 0 aromatic carbocycles. The van der Waals surface area contributed by atoms with Crippen LogP contribution < -0.4 is 5.56 Å². The molecule has 0 aliphatic carbocycles. The molecule has 10 heteroatoms. The average Bonchev–Trinajstić information content (AvgIpc) is 3.14. The molecule has 3 rings (SSSR count). The maximum Gasteiger partial charge on any atom is 0.302 e. The predicted octanol–water partition coefficient (Wildman–Crippen LogP) is 0.0337. The lowest BCUT2D eigenvalue weighted by atomic mass is 10.2. The van der Waals surface area contributed by atoms with Crippen molar-refractivity contribution in [3.8, 4) is 0 Å². The zero-order valence-corrected chi connectivity index (χ0v) is 13.0. The SMILES string of the molecule is CCCn1nnc2c(=O)n(C3CCC(COC(C)=O)O3)nnc21. The van der Waals surface area contributed by atoms with Crippen LogP contribution in [0.15, 0.2) is 4.79 Å². The smallest absolute Gasteiger partial charge is 0.302 e. The quantitative estimate of drug-likeness (QED) is 0.708. The van der Waals surface area contributed by atoms with Crippen molar-refractivity contribution in [3.63, 3.8) is 0 Å². The van der Waals surface area contributed by atoms with E-state index in [0.717, 1.165) is 6.42 Å². The second-order valence-corrected chi connectivity index (χ2v) is 5.42. The molecule has 0 N–H and O–H groups in total. The number of aryl methyl sites for hydroxylation is 1. The number of carbonyl (C=O) groups is 1. The fourth-order valence-electron chi connectivity index (χ4n) is 2.54. The summed E-state index contributed by atoms with van der Waals surface area (Å²) in [5.74, 6) is -0.358. The summed E-state index contributed by atoms with van der Waals surface area (Å²) in [4.78, 5) is 23.3. The van der Waals surface area contributed by atoms with Gasteiger partial charge in [0.25, 0.3) is 0 Å². The Hall–Kier alpha value is -2.36. The first kappa shape index (κ1) is 15.5. The third-order valence-corrected chi connectivity index (χ3v) is 3.62. The molecule has 3 heterocycles. The summed E-state index contributed by atoms with van der Waals surface area (Å²) < 4.78 is 13.4. The average molecular weight is 322 g/mol. The van der Waals surface area contributed by atoms with Gasteiger partial charge >= 0.3 is 11.5 Å². The molecule has 0 saturated carbocycles. The summed E-state index contributed by atoms with van der Waals surface area (Å²) >= 11 is 0. The molecule has 2 aromatic heterocycles. The molecule has 0 radical (unpaired) electrons. The highest BCUT2D eigenvalue weighted by atomic mass is 16.6. The number of carbonyl (C=O) groups excluding carboxylic acids is 1. The summed E-state index contributed by atoms with van der Waals surface area (Å²) in [7, 11) is 0. The minimum atomic E-state index is -0.531. The number of nitrogens with zero attached hydrogens (tertiary/aromatic N) is 6. The topological polar surface area (TPSA) is 114 Å². The van der Waals surface area contributed by atoms with Crippen LogP contribution in [0.5, 0.6) is 0 Å². The van der Waals surface area contributed by atoms with Crippen LogP contribution in [0.3, 0.4) is 0 Å². The van der Waals surface area contributed by atoms with Crippen LogP contribution in [0.4, 0.5) is 0 Å². The Morgan fingerprint density at radius 3 is 2.91 bits per heavy atom. The molecule has 0 spiro atoms. The van der Waals surface area contributed by atoms with Crippen LogP contribution in [-0.2, 0) is 20.8 Å². The van der Waals surface area contributed by atoms with Crippen LogP contribution in [-0.4, -0.2) is 48.7 Å². The van der Waals surface area contributed by atoms with Crippen molar-refractivity contribution in [1.29, 1.82) is 0 Å². The van der Waals surface area contributed by atoms with E-state index in [1.54, 1.807) is 4.68 Å². The zero-order chi connectivity index (χ0) is 16.4. The fraction of sp³-hybridized carbons (Fsp3) is 0.692. The molecule has 2 aromatic rings. The maximum atomic E-state index is 12.5. The Bertz CT molecular complexity index is 769. The summed E-state index contributed by atoms with van der Waals surface area (Å²) in [5, 5.41) is 15.8.